The van der Waals surface area contributed by atoms with Crippen molar-refractivity contribution >= 4 is 21.6 Å². The monoisotopic (exact) mass is 338 g/mol. The minimum absolute atomic E-state index is 0.0246. The zero-order chi connectivity index (χ0) is 17.3. The number of rotatable bonds is 8. The Bertz CT molecular complexity index is 705. The van der Waals surface area contributed by atoms with E-state index in [4.69, 9.17) is 15.1 Å². The summed E-state index contributed by atoms with van der Waals surface area (Å²) in [6, 6.07) is 7.38. The lowest BCUT2D eigenvalue weighted by Crippen LogP contribution is -2.26. The first-order valence-electron chi connectivity index (χ1n) is 6.65. The molecule has 9 heteroatoms. The summed E-state index contributed by atoms with van der Waals surface area (Å²) < 4.78 is 27.1. The summed E-state index contributed by atoms with van der Waals surface area (Å²) in [7, 11) is -2.19. The molecule has 0 aliphatic carbocycles. The fraction of sp³-hybridized carbons (Fsp3) is 0.286. The second-order valence-corrected chi connectivity index (χ2v) is 6.05. The van der Waals surface area contributed by atoms with Crippen molar-refractivity contribution in [3.05, 3.63) is 36.0 Å². The Kier molecular flexibility index (Phi) is 7.21. The van der Waals surface area contributed by atoms with Crippen LogP contribution in [0.25, 0.3) is 0 Å². The average Bonchev–Trinajstić information content (AvgIpc) is 2.52. The zero-order valence-electron chi connectivity index (χ0n) is 12.6. The van der Waals surface area contributed by atoms with Crippen molar-refractivity contribution in [1.82, 2.24) is 5.32 Å². The van der Waals surface area contributed by atoms with Gasteiger partial charge < -0.3 is 15.4 Å². The van der Waals surface area contributed by atoms with Gasteiger partial charge in [-0.25, -0.2) is 13.6 Å². The van der Waals surface area contributed by atoms with Crippen molar-refractivity contribution in [2.24, 2.45) is 5.14 Å². The highest BCUT2D eigenvalue weighted by Crippen LogP contribution is 2.13. The molecule has 8 nitrogen and oxygen atoms in total. The Morgan fingerprint density at radius 2 is 2.04 bits per heavy atom. The van der Waals surface area contributed by atoms with Gasteiger partial charge in [-0.1, -0.05) is 0 Å². The normalized spacial score (nSPS) is 11.6. The van der Waals surface area contributed by atoms with Crippen LogP contribution < -0.4 is 15.8 Å². The van der Waals surface area contributed by atoms with E-state index in [1.807, 2.05) is 0 Å². The minimum Gasteiger partial charge on any atom is -0.385 e. The molecule has 0 unspecified atom stereocenters. The van der Waals surface area contributed by atoms with Gasteiger partial charge in [-0.15, -0.1) is 0 Å². The van der Waals surface area contributed by atoms with Crippen LogP contribution in [-0.4, -0.2) is 34.6 Å². The van der Waals surface area contributed by atoms with Crippen molar-refractivity contribution in [2.45, 2.75) is 11.3 Å². The molecule has 0 aromatic heterocycles. The second-order valence-electron chi connectivity index (χ2n) is 4.49. The number of nitrogens with zero attached hydrogens (tertiary/aromatic N) is 1. The van der Waals surface area contributed by atoms with Gasteiger partial charge in [0.2, 0.25) is 10.0 Å². The Morgan fingerprint density at radius 3 is 2.57 bits per heavy atom. The smallest absolute Gasteiger partial charge is 0.263 e. The van der Waals surface area contributed by atoms with Crippen molar-refractivity contribution in [1.29, 1.82) is 5.26 Å². The van der Waals surface area contributed by atoms with Crippen LogP contribution in [0.1, 0.15) is 6.42 Å². The number of methoxy groups -OCH3 is 1. The van der Waals surface area contributed by atoms with E-state index >= 15 is 0 Å². The molecule has 1 rings (SSSR count). The largest absolute Gasteiger partial charge is 0.385 e. The van der Waals surface area contributed by atoms with Gasteiger partial charge in [-0.2, -0.15) is 5.26 Å². The number of hydrogen-bond donors (Lipinski definition) is 3. The average molecular weight is 338 g/mol. The molecule has 0 atom stereocenters. The van der Waals surface area contributed by atoms with Gasteiger partial charge >= 0.3 is 0 Å². The topological polar surface area (TPSA) is 134 Å². The predicted octanol–water partition coefficient (Wildman–Crippen LogP) is 0.306. The molecule has 0 heterocycles. The zero-order valence-corrected chi connectivity index (χ0v) is 13.4. The molecule has 0 bridgehead atoms. The molecule has 23 heavy (non-hydrogen) atoms. The number of primary sulfonamides is 1. The lowest BCUT2D eigenvalue weighted by molar-refractivity contribution is -0.117. The molecule has 4 N–H and O–H groups in total. The third-order valence-corrected chi connectivity index (χ3v) is 3.67. The molecule has 0 saturated carbocycles. The molecule has 0 fully saturated rings. The summed E-state index contributed by atoms with van der Waals surface area (Å²) in [4.78, 5) is 11.7. The number of amides is 1. The van der Waals surface area contributed by atoms with E-state index in [2.05, 4.69) is 10.6 Å². The number of benzene rings is 1. The first-order valence-corrected chi connectivity index (χ1v) is 8.20. The van der Waals surface area contributed by atoms with E-state index in [9.17, 15) is 13.2 Å². The molecule has 124 valence electrons. The third-order valence-electron chi connectivity index (χ3n) is 2.74. The van der Waals surface area contributed by atoms with E-state index in [1.165, 1.54) is 30.5 Å². The number of anilines is 1. The molecule has 1 amide bonds. The Morgan fingerprint density at radius 1 is 1.39 bits per heavy atom. The Labute approximate surface area is 135 Å². The quantitative estimate of drug-likeness (QED) is 0.355. The first-order chi connectivity index (χ1) is 10.9. The number of carbonyl (C=O) groups is 1. The number of nitrogens with one attached hydrogen (secondary N) is 2. The maximum Gasteiger partial charge on any atom is 0.263 e. The first kappa shape index (κ1) is 18.6. The summed E-state index contributed by atoms with van der Waals surface area (Å²) in [5.41, 5.74) is 0.412. The third kappa shape index (κ3) is 6.48. The standard InChI is InChI=1S/C14H18N4O4S/c1-22-8-2-7-17-14(19)11(9-15)10-18-12-3-5-13(6-4-12)23(16,20)21/h3-6,10,18H,2,7-8H2,1H3,(H,17,19)(H2,16,20,21)/b11-10-. The van der Waals surface area contributed by atoms with Gasteiger partial charge in [0.15, 0.2) is 0 Å². The SMILES string of the molecule is COCCCNC(=O)/C(C#N)=C\Nc1ccc(S(N)(=O)=O)cc1. The van der Waals surface area contributed by atoms with E-state index in [0.717, 1.165) is 0 Å². The van der Waals surface area contributed by atoms with Crippen molar-refractivity contribution in [3.8, 4) is 6.07 Å². The van der Waals surface area contributed by atoms with Crippen LogP contribution >= 0.6 is 0 Å². The van der Waals surface area contributed by atoms with Crippen LogP contribution in [0.5, 0.6) is 0 Å². The van der Waals surface area contributed by atoms with Gasteiger partial charge in [-0.3, -0.25) is 4.79 Å². The van der Waals surface area contributed by atoms with Gasteiger partial charge in [0.25, 0.3) is 5.91 Å². The number of nitrogens with two attached hydrogens (primary N) is 1. The van der Waals surface area contributed by atoms with E-state index in [1.54, 1.807) is 13.2 Å². The predicted molar refractivity (Wildman–Crippen MR) is 84.6 cm³/mol. The lowest BCUT2D eigenvalue weighted by Gasteiger charge is -2.05. The molecule has 0 aliphatic heterocycles. The van der Waals surface area contributed by atoms with Crippen molar-refractivity contribution in [3.63, 3.8) is 0 Å². The van der Waals surface area contributed by atoms with Gasteiger partial charge in [0.05, 0.1) is 4.90 Å². The fourth-order valence-electron chi connectivity index (χ4n) is 1.56. The maximum absolute atomic E-state index is 11.8. The van der Waals surface area contributed by atoms with Crippen LogP contribution in [0, 0.1) is 11.3 Å². The van der Waals surface area contributed by atoms with E-state index in [0.29, 0.717) is 25.3 Å². The molecule has 0 aliphatic rings. The Balaban J connectivity index is 2.66. The highest BCUT2D eigenvalue weighted by Gasteiger charge is 2.09. The highest BCUT2D eigenvalue weighted by molar-refractivity contribution is 7.89. The maximum atomic E-state index is 11.8. The summed E-state index contributed by atoms with van der Waals surface area (Å²) in [5, 5.41) is 19.3. The number of hydrogen-bond acceptors (Lipinski definition) is 6. The van der Waals surface area contributed by atoms with Crippen LogP contribution in [0.4, 0.5) is 5.69 Å². The van der Waals surface area contributed by atoms with Gasteiger partial charge in [0.1, 0.15) is 11.6 Å². The van der Waals surface area contributed by atoms with Gasteiger partial charge in [-0.05, 0) is 30.7 Å². The van der Waals surface area contributed by atoms with Crippen LogP contribution in [0.2, 0.25) is 0 Å². The van der Waals surface area contributed by atoms with E-state index in [-0.39, 0.29) is 10.5 Å². The Hall–Kier alpha value is -2.41. The van der Waals surface area contributed by atoms with Crippen LogP contribution in [-0.2, 0) is 19.6 Å². The number of sulfonamides is 1. The highest BCUT2D eigenvalue weighted by atomic mass is 32.2. The van der Waals surface area contributed by atoms with Crippen LogP contribution in [0.15, 0.2) is 40.9 Å². The molecule has 1 aromatic rings. The molecule has 0 saturated heterocycles. The summed E-state index contributed by atoms with van der Waals surface area (Å²) in [5.74, 6) is -0.503. The van der Waals surface area contributed by atoms with Crippen molar-refractivity contribution < 1.29 is 17.9 Å². The van der Waals surface area contributed by atoms with Crippen molar-refractivity contribution in [2.75, 3.05) is 25.6 Å². The second kappa shape index (κ2) is 8.89. The molecule has 1 aromatic carbocycles. The molecular weight excluding hydrogens is 320 g/mol. The molecule has 0 spiro atoms. The number of ether oxygens (including phenoxy) is 1. The summed E-state index contributed by atoms with van der Waals surface area (Å²) in [6.45, 7) is 0.912. The summed E-state index contributed by atoms with van der Waals surface area (Å²) >= 11 is 0. The molecule has 0 radical (unpaired) electrons. The lowest BCUT2D eigenvalue weighted by atomic mass is 10.2. The van der Waals surface area contributed by atoms with Crippen LogP contribution in [0.3, 0.4) is 0 Å². The van der Waals surface area contributed by atoms with Gasteiger partial charge in [0, 0.05) is 32.1 Å². The number of carbonyl (C=O) groups excluding carboxylic acids is 1. The minimum atomic E-state index is -3.75. The van der Waals surface area contributed by atoms with E-state index < -0.39 is 15.9 Å². The summed E-state index contributed by atoms with van der Waals surface area (Å²) in [6.07, 6.45) is 1.89. The number of nitriles is 1. The fourth-order valence-corrected chi connectivity index (χ4v) is 2.07. The molecular formula is C14H18N4O4S.